The molecule has 0 aromatic heterocycles. The van der Waals surface area contributed by atoms with Gasteiger partial charge in [-0.1, -0.05) is 64.9 Å². The van der Waals surface area contributed by atoms with Gasteiger partial charge in [-0.2, -0.15) is 0 Å². The minimum atomic E-state index is -0.546. The minimum absolute atomic E-state index is 0.185. The summed E-state index contributed by atoms with van der Waals surface area (Å²) in [6.07, 6.45) is 10.7. The molecular formula is C17H30O. The average Bonchev–Trinajstić information content (AvgIpc) is 2.32. The van der Waals surface area contributed by atoms with Crippen molar-refractivity contribution < 1.29 is 5.11 Å². The van der Waals surface area contributed by atoms with Gasteiger partial charge in [0.05, 0.1) is 0 Å². The molecule has 1 atom stereocenters. The van der Waals surface area contributed by atoms with Gasteiger partial charge in [0.15, 0.2) is 0 Å². The molecular weight excluding hydrogens is 220 g/mol. The van der Waals surface area contributed by atoms with Crippen molar-refractivity contribution in [2.45, 2.75) is 78.2 Å². The van der Waals surface area contributed by atoms with E-state index in [2.05, 4.69) is 25.3 Å². The summed E-state index contributed by atoms with van der Waals surface area (Å²) in [6, 6.07) is 0. The molecule has 0 aliphatic heterocycles. The molecule has 0 aliphatic carbocycles. The third kappa shape index (κ3) is 8.37. The molecule has 104 valence electrons. The Morgan fingerprint density at radius 2 is 1.78 bits per heavy atom. The first-order chi connectivity index (χ1) is 8.54. The van der Waals surface area contributed by atoms with Crippen LogP contribution in [-0.2, 0) is 0 Å². The number of rotatable bonds is 9. The van der Waals surface area contributed by atoms with E-state index in [1.54, 1.807) is 0 Å². The Morgan fingerprint density at radius 3 is 2.39 bits per heavy atom. The molecule has 0 rings (SSSR count). The normalized spacial score (nSPS) is 12.7. The van der Waals surface area contributed by atoms with Crippen LogP contribution in [-0.4, -0.2) is 11.2 Å². The molecule has 0 aromatic rings. The van der Waals surface area contributed by atoms with Crippen LogP contribution < -0.4 is 0 Å². The molecule has 1 unspecified atom stereocenters. The van der Waals surface area contributed by atoms with Crippen molar-refractivity contribution in [2.24, 2.45) is 5.41 Å². The van der Waals surface area contributed by atoms with Crippen molar-refractivity contribution in [2.75, 3.05) is 0 Å². The summed E-state index contributed by atoms with van der Waals surface area (Å²) in [5.41, 5.74) is -0.185. The van der Waals surface area contributed by atoms with Gasteiger partial charge in [-0.25, -0.2) is 0 Å². The predicted molar refractivity (Wildman–Crippen MR) is 80.4 cm³/mol. The van der Waals surface area contributed by atoms with Gasteiger partial charge in [-0.15, -0.1) is 12.5 Å². The summed E-state index contributed by atoms with van der Waals surface area (Å²) in [6.45, 7) is 10.0. The maximum absolute atomic E-state index is 9.96. The Labute approximate surface area is 114 Å². The number of hydrogen-bond donors (Lipinski definition) is 1. The van der Waals surface area contributed by atoms with Crippen molar-refractivity contribution in [1.29, 1.82) is 0 Å². The van der Waals surface area contributed by atoms with Crippen LogP contribution in [0.3, 0.4) is 0 Å². The van der Waals surface area contributed by atoms with E-state index in [1.165, 1.54) is 32.1 Å². The molecule has 1 N–H and O–H groups in total. The third-order valence-electron chi connectivity index (χ3n) is 3.30. The molecule has 0 radical (unpaired) electrons. The SMILES string of the molecule is C=CCC(C)(C)C(O)C#CCCCCCCCC. The zero-order valence-corrected chi connectivity index (χ0v) is 12.5. The number of aliphatic hydroxyl groups excluding tert-OH is 1. The van der Waals surface area contributed by atoms with Crippen LogP contribution in [0.15, 0.2) is 12.7 Å². The summed E-state index contributed by atoms with van der Waals surface area (Å²) in [5, 5.41) is 9.96. The summed E-state index contributed by atoms with van der Waals surface area (Å²) in [5.74, 6) is 6.07. The quantitative estimate of drug-likeness (QED) is 0.357. The van der Waals surface area contributed by atoms with E-state index in [-0.39, 0.29) is 5.41 Å². The van der Waals surface area contributed by atoms with Gasteiger partial charge >= 0.3 is 0 Å². The van der Waals surface area contributed by atoms with E-state index >= 15 is 0 Å². The molecule has 0 fully saturated rings. The van der Waals surface area contributed by atoms with Crippen LogP contribution in [0.1, 0.15) is 72.1 Å². The highest BCUT2D eigenvalue weighted by Gasteiger charge is 2.24. The van der Waals surface area contributed by atoms with Crippen LogP contribution in [0.5, 0.6) is 0 Å². The van der Waals surface area contributed by atoms with Crippen LogP contribution in [0, 0.1) is 17.3 Å². The summed E-state index contributed by atoms with van der Waals surface area (Å²) >= 11 is 0. The molecule has 18 heavy (non-hydrogen) atoms. The maximum Gasteiger partial charge on any atom is 0.120 e. The number of aliphatic hydroxyl groups is 1. The topological polar surface area (TPSA) is 20.2 Å². The molecule has 1 heteroatoms. The fourth-order valence-electron chi connectivity index (χ4n) is 1.84. The van der Waals surface area contributed by atoms with Crippen LogP contribution >= 0.6 is 0 Å². The van der Waals surface area contributed by atoms with Gasteiger partial charge in [0, 0.05) is 11.8 Å². The second-order valence-electron chi connectivity index (χ2n) is 5.72. The molecule has 0 spiro atoms. The van der Waals surface area contributed by atoms with Crippen LogP contribution in [0.25, 0.3) is 0 Å². The first-order valence-electron chi connectivity index (χ1n) is 7.32. The fraction of sp³-hybridized carbons (Fsp3) is 0.765. The summed E-state index contributed by atoms with van der Waals surface area (Å²) in [4.78, 5) is 0. The first kappa shape index (κ1) is 17.3. The summed E-state index contributed by atoms with van der Waals surface area (Å²) < 4.78 is 0. The third-order valence-corrected chi connectivity index (χ3v) is 3.30. The van der Waals surface area contributed by atoms with Gasteiger partial charge in [0.25, 0.3) is 0 Å². The zero-order valence-electron chi connectivity index (χ0n) is 12.5. The molecule has 1 nitrogen and oxygen atoms in total. The van der Waals surface area contributed by atoms with Crippen molar-refractivity contribution in [3.63, 3.8) is 0 Å². The summed E-state index contributed by atoms with van der Waals surface area (Å²) in [7, 11) is 0. The van der Waals surface area contributed by atoms with Crippen LogP contribution in [0.4, 0.5) is 0 Å². The van der Waals surface area contributed by atoms with Crippen molar-refractivity contribution in [3.05, 3.63) is 12.7 Å². The Morgan fingerprint density at radius 1 is 1.17 bits per heavy atom. The van der Waals surface area contributed by atoms with Crippen molar-refractivity contribution in [3.8, 4) is 11.8 Å². The predicted octanol–water partition coefficient (Wildman–Crippen LogP) is 4.70. The standard InChI is InChI=1S/C17H30O/c1-5-7-8-9-10-11-12-13-14-16(18)17(3,4)15-6-2/h6,16,18H,2,5,7-12,15H2,1,3-4H3. The Hall–Kier alpha value is -0.740. The molecule has 0 amide bonds. The van der Waals surface area contributed by atoms with Crippen molar-refractivity contribution in [1.82, 2.24) is 0 Å². The average molecular weight is 250 g/mol. The van der Waals surface area contributed by atoms with E-state index in [9.17, 15) is 5.11 Å². The highest BCUT2D eigenvalue weighted by Crippen LogP contribution is 2.25. The Balaban J connectivity index is 3.73. The molecule has 0 aliphatic rings. The van der Waals surface area contributed by atoms with E-state index in [1.807, 2.05) is 19.9 Å². The largest absolute Gasteiger partial charge is 0.380 e. The lowest BCUT2D eigenvalue weighted by Crippen LogP contribution is -2.27. The van der Waals surface area contributed by atoms with Gasteiger partial charge < -0.3 is 5.11 Å². The highest BCUT2D eigenvalue weighted by molar-refractivity contribution is 5.09. The van der Waals surface area contributed by atoms with Gasteiger partial charge in [0.2, 0.25) is 0 Å². The zero-order chi connectivity index (χ0) is 13.9. The second-order valence-corrected chi connectivity index (χ2v) is 5.72. The van der Waals surface area contributed by atoms with Gasteiger partial charge in [-0.05, 0) is 12.8 Å². The first-order valence-corrected chi connectivity index (χ1v) is 7.32. The number of unbranched alkanes of at least 4 members (excludes halogenated alkanes) is 6. The monoisotopic (exact) mass is 250 g/mol. The number of hydrogen-bond acceptors (Lipinski definition) is 1. The highest BCUT2D eigenvalue weighted by atomic mass is 16.3. The van der Waals surface area contributed by atoms with Crippen LogP contribution in [0.2, 0.25) is 0 Å². The molecule has 0 saturated heterocycles. The van der Waals surface area contributed by atoms with E-state index < -0.39 is 6.10 Å². The molecule has 0 aromatic carbocycles. The Kier molecular flexibility index (Phi) is 9.79. The smallest absolute Gasteiger partial charge is 0.120 e. The van der Waals surface area contributed by atoms with E-state index in [0.717, 1.165) is 19.3 Å². The van der Waals surface area contributed by atoms with E-state index in [4.69, 9.17) is 0 Å². The van der Waals surface area contributed by atoms with Gasteiger partial charge in [0.1, 0.15) is 6.10 Å². The minimum Gasteiger partial charge on any atom is -0.380 e. The molecule has 0 saturated carbocycles. The molecule has 0 bridgehead atoms. The van der Waals surface area contributed by atoms with Crippen molar-refractivity contribution >= 4 is 0 Å². The Bertz CT molecular complexity index is 267. The number of allylic oxidation sites excluding steroid dienone is 1. The van der Waals surface area contributed by atoms with E-state index in [0.29, 0.717) is 0 Å². The van der Waals surface area contributed by atoms with Gasteiger partial charge in [-0.3, -0.25) is 0 Å². The molecule has 0 heterocycles. The lowest BCUT2D eigenvalue weighted by molar-refractivity contribution is 0.101. The fourth-order valence-corrected chi connectivity index (χ4v) is 1.84. The second kappa shape index (κ2) is 10.2. The lowest BCUT2D eigenvalue weighted by atomic mass is 9.83. The lowest BCUT2D eigenvalue weighted by Gasteiger charge is -2.25. The maximum atomic E-state index is 9.96.